The first kappa shape index (κ1) is 21.6. The molecule has 3 aromatic rings. The number of Topliss-reactive ketones (excluding diaryl/α,β-unsaturated/α-hetero) is 1. The van der Waals surface area contributed by atoms with E-state index in [-0.39, 0.29) is 23.1 Å². The molecule has 0 saturated heterocycles. The Morgan fingerprint density at radius 3 is 2.50 bits per heavy atom. The number of carbonyl (C=O) groups is 2. The molecule has 1 heterocycles. The van der Waals surface area contributed by atoms with Gasteiger partial charge in [0.15, 0.2) is 10.9 Å². The summed E-state index contributed by atoms with van der Waals surface area (Å²) in [6.07, 6.45) is 1.07. The number of benzene rings is 2. The van der Waals surface area contributed by atoms with Gasteiger partial charge in [0.05, 0.1) is 11.4 Å². The minimum Gasteiger partial charge on any atom is -0.356 e. The molecule has 1 aromatic heterocycles. The van der Waals surface area contributed by atoms with Crippen molar-refractivity contribution < 1.29 is 18.4 Å². The first-order valence-electron chi connectivity index (χ1n) is 9.31. The lowest BCUT2D eigenvalue weighted by Gasteiger charge is -2.11. The van der Waals surface area contributed by atoms with Crippen molar-refractivity contribution in [3.8, 4) is 5.69 Å². The number of amides is 1. The third-order valence-electron chi connectivity index (χ3n) is 4.24. The summed E-state index contributed by atoms with van der Waals surface area (Å²) >= 11 is 1.13. The Kier molecular flexibility index (Phi) is 7.29. The minimum atomic E-state index is -0.438. The topological polar surface area (TPSA) is 76.9 Å². The molecular weight excluding hydrogens is 410 g/mol. The van der Waals surface area contributed by atoms with Crippen LogP contribution in [0.1, 0.15) is 29.5 Å². The molecule has 1 amide bonds. The number of para-hydroxylation sites is 1. The number of rotatable bonds is 9. The predicted octanol–water partition coefficient (Wildman–Crippen LogP) is 3.59. The fraction of sp³-hybridized carbons (Fsp3) is 0.238. The highest BCUT2D eigenvalue weighted by atomic mass is 32.2. The van der Waals surface area contributed by atoms with E-state index in [1.807, 2.05) is 0 Å². The first-order chi connectivity index (χ1) is 14.5. The summed E-state index contributed by atoms with van der Waals surface area (Å²) in [6, 6.07) is 11.6. The monoisotopic (exact) mass is 430 g/mol. The van der Waals surface area contributed by atoms with Crippen LogP contribution in [0.4, 0.5) is 8.78 Å². The molecule has 0 bridgehead atoms. The Bertz CT molecular complexity index is 1040. The van der Waals surface area contributed by atoms with E-state index in [4.69, 9.17) is 0 Å². The quantitative estimate of drug-likeness (QED) is 0.319. The third kappa shape index (κ3) is 5.50. The molecule has 0 aliphatic heterocycles. The minimum absolute atomic E-state index is 0.0457. The van der Waals surface area contributed by atoms with Gasteiger partial charge in [0.1, 0.15) is 17.5 Å². The van der Waals surface area contributed by atoms with Crippen molar-refractivity contribution >= 4 is 23.5 Å². The van der Waals surface area contributed by atoms with Crippen molar-refractivity contribution in [2.45, 2.75) is 24.9 Å². The number of halogens is 2. The van der Waals surface area contributed by atoms with E-state index in [2.05, 4.69) is 15.5 Å². The highest BCUT2D eigenvalue weighted by Gasteiger charge is 2.18. The maximum atomic E-state index is 14.5. The van der Waals surface area contributed by atoms with Crippen molar-refractivity contribution in [1.82, 2.24) is 20.1 Å². The zero-order chi connectivity index (χ0) is 21.5. The molecule has 0 radical (unpaired) electrons. The van der Waals surface area contributed by atoms with Crippen LogP contribution in [0.3, 0.4) is 0 Å². The molecule has 0 spiro atoms. The van der Waals surface area contributed by atoms with Crippen LogP contribution in [0.25, 0.3) is 5.69 Å². The average Bonchev–Trinajstić information content (AvgIpc) is 3.12. The second kappa shape index (κ2) is 10.1. The number of hydrogen-bond acceptors (Lipinski definition) is 5. The lowest BCUT2D eigenvalue weighted by molar-refractivity contribution is -0.118. The van der Waals surface area contributed by atoms with E-state index in [1.54, 1.807) is 22.8 Å². The first-order valence-corrected chi connectivity index (χ1v) is 10.3. The van der Waals surface area contributed by atoms with Gasteiger partial charge < -0.3 is 5.32 Å². The van der Waals surface area contributed by atoms with Crippen LogP contribution in [-0.4, -0.2) is 38.8 Å². The van der Waals surface area contributed by atoms with Gasteiger partial charge >= 0.3 is 0 Å². The fourth-order valence-electron chi connectivity index (χ4n) is 2.79. The van der Waals surface area contributed by atoms with Crippen molar-refractivity contribution in [2.24, 2.45) is 0 Å². The smallest absolute Gasteiger partial charge is 0.216 e. The number of aryl methyl sites for hydroxylation is 1. The number of aromatic nitrogens is 3. The summed E-state index contributed by atoms with van der Waals surface area (Å²) < 4.78 is 29.1. The molecule has 3 rings (SSSR count). The van der Waals surface area contributed by atoms with Gasteiger partial charge in [0.2, 0.25) is 5.91 Å². The summed E-state index contributed by atoms with van der Waals surface area (Å²) in [5.74, 6) is -0.600. The molecule has 0 atom stereocenters. The maximum absolute atomic E-state index is 14.5. The van der Waals surface area contributed by atoms with E-state index in [1.165, 1.54) is 37.3 Å². The number of nitrogens with zero attached hydrogens (tertiary/aromatic N) is 3. The van der Waals surface area contributed by atoms with Crippen LogP contribution in [0.5, 0.6) is 0 Å². The molecular formula is C21H20F2N4O2S. The van der Waals surface area contributed by atoms with Gasteiger partial charge in [0.25, 0.3) is 0 Å². The summed E-state index contributed by atoms with van der Waals surface area (Å²) in [5, 5.41) is 11.4. The van der Waals surface area contributed by atoms with Crippen LogP contribution in [0.15, 0.2) is 53.7 Å². The van der Waals surface area contributed by atoms with Crippen molar-refractivity contribution in [1.29, 1.82) is 0 Å². The lowest BCUT2D eigenvalue weighted by Crippen LogP contribution is -2.21. The lowest BCUT2D eigenvalue weighted by atomic mass is 10.1. The predicted molar refractivity (Wildman–Crippen MR) is 110 cm³/mol. The Morgan fingerprint density at radius 2 is 1.80 bits per heavy atom. The molecule has 2 aromatic carbocycles. The molecule has 6 nitrogen and oxygen atoms in total. The van der Waals surface area contributed by atoms with E-state index in [0.29, 0.717) is 35.9 Å². The Morgan fingerprint density at radius 1 is 1.07 bits per heavy atom. The highest BCUT2D eigenvalue weighted by Crippen LogP contribution is 2.25. The molecule has 156 valence electrons. The summed E-state index contributed by atoms with van der Waals surface area (Å²) in [7, 11) is 0. The van der Waals surface area contributed by atoms with Gasteiger partial charge in [-0.25, -0.2) is 8.78 Å². The van der Waals surface area contributed by atoms with Gasteiger partial charge in [-0.15, -0.1) is 10.2 Å². The van der Waals surface area contributed by atoms with Crippen LogP contribution >= 0.6 is 11.8 Å². The number of hydrogen-bond donors (Lipinski definition) is 1. The molecule has 0 saturated carbocycles. The van der Waals surface area contributed by atoms with Crippen LogP contribution in [0.2, 0.25) is 0 Å². The van der Waals surface area contributed by atoms with E-state index in [0.717, 1.165) is 11.8 Å². The number of ketones is 1. The fourth-order valence-corrected chi connectivity index (χ4v) is 3.65. The summed E-state index contributed by atoms with van der Waals surface area (Å²) in [4.78, 5) is 23.4. The maximum Gasteiger partial charge on any atom is 0.216 e. The normalized spacial score (nSPS) is 10.8. The van der Waals surface area contributed by atoms with Gasteiger partial charge in [-0.2, -0.15) is 0 Å². The number of thioether (sulfide) groups is 1. The van der Waals surface area contributed by atoms with Crippen LogP contribution < -0.4 is 5.32 Å². The molecule has 1 N–H and O–H groups in total. The Balaban J connectivity index is 1.79. The van der Waals surface area contributed by atoms with E-state index >= 15 is 0 Å². The van der Waals surface area contributed by atoms with Crippen LogP contribution in [0, 0.1) is 11.6 Å². The van der Waals surface area contributed by atoms with Gasteiger partial charge in [-0.3, -0.25) is 14.2 Å². The second-order valence-electron chi connectivity index (χ2n) is 6.49. The zero-order valence-electron chi connectivity index (χ0n) is 16.3. The molecule has 0 aliphatic carbocycles. The zero-order valence-corrected chi connectivity index (χ0v) is 17.1. The standard InChI is InChI=1S/C21H20F2N4O2S/c1-14(28)24-12-4-7-20-25-26-21(27(20)18-6-3-2-5-17(18)23)30-13-19(29)15-8-10-16(22)11-9-15/h2-3,5-6,8-11H,4,7,12-13H2,1H3,(H,24,28). The van der Waals surface area contributed by atoms with Crippen molar-refractivity contribution in [3.05, 3.63) is 71.6 Å². The van der Waals surface area contributed by atoms with Crippen LogP contribution in [-0.2, 0) is 11.2 Å². The highest BCUT2D eigenvalue weighted by molar-refractivity contribution is 7.99. The molecule has 30 heavy (non-hydrogen) atoms. The van der Waals surface area contributed by atoms with Gasteiger partial charge in [-0.05, 0) is 42.8 Å². The number of nitrogens with one attached hydrogen (secondary N) is 1. The summed E-state index contributed by atoms with van der Waals surface area (Å²) in [5.41, 5.74) is 0.671. The molecule has 0 aliphatic rings. The largest absolute Gasteiger partial charge is 0.356 e. The van der Waals surface area contributed by atoms with Gasteiger partial charge in [-0.1, -0.05) is 23.9 Å². The molecule has 0 fully saturated rings. The third-order valence-corrected chi connectivity index (χ3v) is 5.17. The Hall–Kier alpha value is -3.07. The Labute approximate surface area is 176 Å². The average molecular weight is 430 g/mol. The van der Waals surface area contributed by atoms with Crippen molar-refractivity contribution in [3.63, 3.8) is 0 Å². The van der Waals surface area contributed by atoms with Crippen molar-refractivity contribution in [2.75, 3.05) is 12.3 Å². The van der Waals surface area contributed by atoms with E-state index < -0.39 is 11.6 Å². The SMILES string of the molecule is CC(=O)NCCCc1nnc(SCC(=O)c2ccc(F)cc2)n1-c1ccccc1F. The summed E-state index contributed by atoms with van der Waals surface area (Å²) in [6.45, 7) is 1.90. The van der Waals surface area contributed by atoms with Gasteiger partial charge in [0, 0.05) is 25.5 Å². The molecule has 0 unspecified atom stereocenters. The molecule has 9 heteroatoms. The van der Waals surface area contributed by atoms with E-state index in [9.17, 15) is 18.4 Å². The number of carbonyl (C=O) groups excluding carboxylic acids is 2. The second-order valence-corrected chi connectivity index (χ2v) is 7.43.